The topological polar surface area (TPSA) is 59.6 Å². The molecule has 116 valence electrons. The maximum atomic E-state index is 12.5. The summed E-state index contributed by atoms with van der Waals surface area (Å²) in [5.74, 6) is 1.03. The molecule has 0 aliphatic carbocycles. The number of piperidine rings is 1. The minimum Gasteiger partial charge on any atom is -0.493 e. The van der Waals surface area contributed by atoms with E-state index in [1.165, 1.54) is 0 Å². The van der Waals surface area contributed by atoms with Gasteiger partial charge in [0, 0.05) is 18.7 Å². The van der Waals surface area contributed by atoms with Crippen molar-refractivity contribution in [1.29, 1.82) is 0 Å². The second kappa shape index (κ2) is 6.54. The first-order valence-electron chi connectivity index (χ1n) is 6.94. The van der Waals surface area contributed by atoms with Gasteiger partial charge in [0.05, 0.1) is 30.3 Å². The maximum absolute atomic E-state index is 12.5. The molecule has 2 N–H and O–H groups in total. The van der Waals surface area contributed by atoms with E-state index in [4.69, 9.17) is 21.1 Å². The normalized spacial score (nSPS) is 21.7. The SMILES string of the molecule is COc1cc(Cl)c(NC(=O)C2(C)CCCNC2)cc1OC. The van der Waals surface area contributed by atoms with Crippen molar-refractivity contribution in [3.8, 4) is 11.5 Å². The highest BCUT2D eigenvalue weighted by Gasteiger charge is 2.35. The lowest BCUT2D eigenvalue weighted by atomic mass is 9.82. The van der Waals surface area contributed by atoms with Crippen molar-refractivity contribution in [2.24, 2.45) is 5.41 Å². The number of ether oxygens (including phenoxy) is 2. The lowest BCUT2D eigenvalue weighted by Gasteiger charge is -2.32. The molecule has 0 bridgehead atoms. The Kier molecular flexibility index (Phi) is 4.96. The van der Waals surface area contributed by atoms with Gasteiger partial charge in [-0.15, -0.1) is 0 Å². The average Bonchev–Trinajstić information content (AvgIpc) is 2.49. The molecule has 21 heavy (non-hydrogen) atoms. The minimum atomic E-state index is -0.422. The predicted octanol–water partition coefficient (Wildman–Crippen LogP) is 2.69. The number of hydrogen-bond acceptors (Lipinski definition) is 4. The van der Waals surface area contributed by atoms with E-state index in [2.05, 4.69) is 10.6 Å². The quantitative estimate of drug-likeness (QED) is 0.897. The number of carbonyl (C=O) groups is 1. The van der Waals surface area contributed by atoms with E-state index in [0.717, 1.165) is 19.4 Å². The Labute approximate surface area is 130 Å². The van der Waals surface area contributed by atoms with Crippen LogP contribution in [0, 0.1) is 5.41 Å². The van der Waals surface area contributed by atoms with E-state index in [1.54, 1.807) is 26.4 Å². The van der Waals surface area contributed by atoms with E-state index in [9.17, 15) is 4.79 Å². The largest absolute Gasteiger partial charge is 0.493 e. The van der Waals surface area contributed by atoms with E-state index < -0.39 is 5.41 Å². The Morgan fingerprint density at radius 2 is 2.00 bits per heavy atom. The molecule has 1 aliphatic heterocycles. The van der Waals surface area contributed by atoms with Crippen LogP contribution in [0.2, 0.25) is 5.02 Å². The summed E-state index contributed by atoms with van der Waals surface area (Å²) in [5, 5.41) is 6.58. The number of nitrogens with one attached hydrogen (secondary N) is 2. The Bertz CT molecular complexity index is 528. The van der Waals surface area contributed by atoms with Crippen LogP contribution in [0.15, 0.2) is 12.1 Å². The van der Waals surface area contributed by atoms with Gasteiger partial charge in [0.1, 0.15) is 0 Å². The Balaban J connectivity index is 2.20. The number of halogens is 1. The van der Waals surface area contributed by atoms with Gasteiger partial charge in [-0.25, -0.2) is 0 Å². The molecule has 2 rings (SSSR count). The van der Waals surface area contributed by atoms with Crippen LogP contribution in [0.25, 0.3) is 0 Å². The fraction of sp³-hybridized carbons (Fsp3) is 0.533. The fourth-order valence-corrected chi connectivity index (χ4v) is 2.67. The van der Waals surface area contributed by atoms with E-state index in [1.807, 2.05) is 6.92 Å². The smallest absolute Gasteiger partial charge is 0.231 e. The number of benzene rings is 1. The first kappa shape index (κ1) is 15.9. The third kappa shape index (κ3) is 3.41. The molecule has 5 nitrogen and oxygen atoms in total. The molecule has 6 heteroatoms. The second-order valence-electron chi connectivity index (χ2n) is 5.48. The molecule has 1 saturated heterocycles. The summed E-state index contributed by atoms with van der Waals surface area (Å²) in [6.45, 7) is 3.59. The molecule has 1 unspecified atom stereocenters. The number of amides is 1. The van der Waals surface area contributed by atoms with Gasteiger partial charge in [-0.05, 0) is 26.3 Å². The van der Waals surface area contributed by atoms with Crippen molar-refractivity contribution in [2.75, 3.05) is 32.6 Å². The summed E-state index contributed by atoms with van der Waals surface area (Å²) in [6, 6.07) is 3.32. The summed E-state index contributed by atoms with van der Waals surface area (Å²) in [5.41, 5.74) is 0.112. The van der Waals surface area contributed by atoms with Crippen molar-refractivity contribution in [3.63, 3.8) is 0 Å². The van der Waals surface area contributed by atoms with Gasteiger partial charge in [0.2, 0.25) is 5.91 Å². The van der Waals surface area contributed by atoms with Gasteiger partial charge in [-0.2, -0.15) is 0 Å². The van der Waals surface area contributed by atoms with Gasteiger partial charge in [-0.3, -0.25) is 4.79 Å². The van der Waals surface area contributed by atoms with Gasteiger partial charge >= 0.3 is 0 Å². The molecular weight excluding hydrogens is 292 g/mol. The van der Waals surface area contributed by atoms with E-state index in [-0.39, 0.29) is 5.91 Å². The van der Waals surface area contributed by atoms with Crippen LogP contribution >= 0.6 is 11.6 Å². The highest BCUT2D eigenvalue weighted by atomic mass is 35.5. The highest BCUT2D eigenvalue weighted by Crippen LogP contribution is 2.37. The third-order valence-corrected chi connectivity index (χ3v) is 4.18. The molecule has 1 aromatic rings. The predicted molar refractivity (Wildman–Crippen MR) is 83.4 cm³/mol. The van der Waals surface area contributed by atoms with Crippen molar-refractivity contribution >= 4 is 23.2 Å². The molecule has 0 aromatic heterocycles. The van der Waals surface area contributed by atoms with Crippen LogP contribution < -0.4 is 20.1 Å². The number of hydrogen-bond donors (Lipinski definition) is 2. The first-order chi connectivity index (χ1) is 10.00. The zero-order chi connectivity index (χ0) is 15.5. The maximum Gasteiger partial charge on any atom is 0.231 e. The number of anilines is 1. The lowest BCUT2D eigenvalue weighted by Crippen LogP contribution is -2.46. The Morgan fingerprint density at radius 1 is 1.33 bits per heavy atom. The van der Waals surface area contributed by atoms with E-state index >= 15 is 0 Å². The fourth-order valence-electron chi connectivity index (χ4n) is 2.47. The van der Waals surface area contributed by atoms with Crippen LogP contribution in [0.1, 0.15) is 19.8 Å². The number of methoxy groups -OCH3 is 2. The van der Waals surface area contributed by atoms with Gasteiger partial charge in [-0.1, -0.05) is 11.6 Å². The van der Waals surface area contributed by atoms with Crippen molar-refractivity contribution in [1.82, 2.24) is 5.32 Å². The standard InChI is InChI=1S/C15H21ClN2O3/c1-15(5-4-6-17-9-15)14(19)18-11-8-13(21-3)12(20-2)7-10(11)16/h7-8,17H,4-6,9H2,1-3H3,(H,18,19). The number of rotatable bonds is 4. The van der Waals surface area contributed by atoms with Crippen LogP contribution in [-0.2, 0) is 4.79 Å². The van der Waals surface area contributed by atoms with Crippen molar-refractivity contribution in [3.05, 3.63) is 17.2 Å². The van der Waals surface area contributed by atoms with Crippen LogP contribution in [0.3, 0.4) is 0 Å². The molecule has 1 atom stereocenters. The van der Waals surface area contributed by atoms with Gasteiger partial charge < -0.3 is 20.1 Å². The highest BCUT2D eigenvalue weighted by molar-refractivity contribution is 6.34. The monoisotopic (exact) mass is 312 g/mol. The summed E-state index contributed by atoms with van der Waals surface area (Å²) < 4.78 is 10.4. The molecule has 1 heterocycles. The molecule has 1 aromatic carbocycles. The minimum absolute atomic E-state index is 0.0381. The van der Waals surface area contributed by atoms with Gasteiger partial charge in [0.25, 0.3) is 0 Å². The molecule has 1 fully saturated rings. The Hall–Kier alpha value is -1.46. The summed E-state index contributed by atoms with van der Waals surface area (Å²) in [7, 11) is 3.09. The van der Waals surface area contributed by atoms with Crippen LogP contribution in [0.5, 0.6) is 11.5 Å². The van der Waals surface area contributed by atoms with Gasteiger partial charge in [0.15, 0.2) is 11.5 Å². The summed E-state index contributed by atoms with van der Waals surface area (Å²) >= 11 is 6.20. The second-order valence-corrected chi connectivity index (χ2v) is 5.89. The third-order valence-electron chi connectivity index (χ3n) is 3.87. The summed E-state index contributed by atoms with van der Waals surface area (Å²) in [4.78, 5) is 12.5. The van der Waals surface area contributed by atoms with Crippen molar-refractivity contribution in [2.45, 2.75) is 19.8 Å². The molecule has 1 aliphatic rings. The zero-order valence-corrected chi connectivity index (χ0v) is 13.3. The first-order valence-corrected chi connectivity index (χ1v) is 7.31. The number of carbonyl (C=O) groups excluding carboxylic acids is 1. The van der Waals surface area contributed by atoms with E-state index in [0.29, 0.717) is 28.8 Å². The zero-order valence-electron chi connectivity index (χ0n) is 12.6. The lowest BCUT2D eigenvalue weighted by molar-refractivity contribution is -0.125. The molecule has 1 amide bonds. The summed E-state index contributed by atoms with van der Waals surface area (Å²) in [6.07, 6.45) is 1.85. The average molecular weight is 313 g/mol. The molecule has 0 radical (unpaired) electrons. The van der Waals surface area contributed by atoms with Crippen LogP contribution in [-0.4, -0.2) is 33.2 Å². The van der Waals surface area contributed by atoms with Crippen LogP contribution in [0.4, 0.5) is 5.69 Å². The molecular formula is C15H21ClN2O3. The van der Waals surface area contributed by atoms with Crippen molar-refractivity contribution < 1.29 is 14.3 Å². The molecule has 0 spiro atoms. The Morgan fingerprint density at radius 3 is 2.57 bits per heavy atom. The molecule has 0 saturated carbocycles.